The smallest absolute Gasteiger partial charge is 0.306 e. The Morgan fingerprint density at radius 2 is 1.83 bits per heavy atom. The molecule has 29 heavy (non-hydrogen) atoms. The molecule has 0 atom stereocenters. The van der Waals surface area contributed by atoms with E-state index in [1.54, 1.807) is 31.3 Å². The first-order chi connectivity index (χ1) is 13.6. The Bertz CT molecular complexity index is 879. The molecule has 2 aromatic rings. The summed E-state index contributed by atoms with van der Waals surface area (Å²) in [6.45, 7) is 5.85. The van der Waals surface area contributed by atoms with Crippen LogP contribution in [0.1, 0.15) is 44.0 Å². The predicted octanol–water partition coefficient (Wildman–Crippen LogP) is 5.88. The molecule has 0 bridgehead atoms. The SMILES string of the molecule is CN(C(=O)c1ccc(Cl)c(Br)c1)c1ccccc1OCCCC(=O)OC(C)(C)C. The van der Waals surface area contributed by atoms with E-state index in [-0.39, 0.29) is 18.3 Å². The van der Waals surface area contributed by atoms with Gasteiger partial charge in [0.1, 0.15) is 11.4 Å². The van der Waals surface area contributed by atoms with Gasteiger partial charge in [-0.15, -0.1) is 0 Å². The van der Waals surface area contributed by atoms with Gasteiger partial charge in [-0.2, -0.15) is 0 Å². The highest BCUT2D eigenvalue weighted by Crippen LogP contribution is 2.30. The van der Waals surface area contributed by atoms with Gasteiger partial charge in [0.25, 0.3) is 5.91 Å². The minimum absolute atomic E-state index is 0.188. The van der Waals surface area contributed by atoms with Gasteiger partial charge in [0, 0.05) is 23.5 Å². The molecule has 156 valence electrons. The number of benzene rings is 2. The third-order valence-electron chi connectivity index (χ3n) is 3.90. The molecule has 0 aliphatic carbocycles. The molecular formula is C22H25BrClNO4. The van der Waals surface area contributed by atoms with Crippen LogP contribution < -0.4 is 9.64 Å². The van der Waals surface area contributed by atoms with E-state index in [1.807, 2.05) is 39.0 Å². The standard InChI is InChI=1S/C22H25BrClNO4/c1-22(2,3)29-20(26)10-7-13-28-19-9-6-5-8-18(19)25(4)21(27)15-11-12-17(24)16(23)14-15/h5-6,8-9,11-12,14H,7,10,13H2,1-4H3. The Labute approximate surface area is 185 Å². The van der Waals surface area contributed by atoms with E-state index in [0.29, 0.717) is 39.5 Å². The largest absolute Gasteiger partial charge is 0.491 e. The number of carbonyl (C=O) groups excluding carboxylic acids is 2. The van der Waals surface area contributed by atoms with Gasteiger partial charge in [-0.05, 0) is 73.5 Å². The molecule has 7 heteroatoms. The van der Waals surface area contributed by atoms with Crippen LogP contribution in [0.25, 0.3) is 0 Å². The molecule has 2 rings (SSSR count). The fraction of sp³-hybridized carbons (Fsp3) is 0.364. The summed E-state index contributed by atoms with van der Waals surface area (Å²) in [7, 11) is 1.69. The van der Waals surface area contributed by atoms with Crippen LogP contribution in [0.3, 0.4) is 0 Å². The number of amides is 1. The molecule has 0 aliphatic heterocycles. The molecule has 0 N–H and O–H groups in total. The highest BCUT2D eigenvalue weighted by molar-refractivity contribution is 9.10. The minimum Gasteiger partial charge on any atom is -0.491 e. The van der Waals surface area contributed by atoms with E-state index in [1.165, 1.54) is 4.90 Å². The van der Waals surface area contributed by atoms with Crippen LogP contribution in [-0.2, 0) is 9.53 Å². The molecule has 0 spiro atoms. The zero-order valence-electron chi connectivity index (χ0n) is 17.0. The maximum Gasteiger partial charge on any atom is 0.306 e. The van der Waals surface area contributed by atoms with E-state index in [9.17, 15) is 9.59 Å². The number of para-hydroxylation sites is 2. The number of nitrogens with zero attached hydrogens (tertiary/aromatic N) is 1. The summed E-state index contributed by atoms with van der Waals surface area (Å²) in [6, 6.07) is 12.3. The zero-order valence-corrected chi connectivity index (χ0v) is 19.3. The van der Waals surface area contributed by atoms with Crippen molar-refractivity contribution in [3.8, 4) is 5.75 Å². The third-order valence-corrected chi connectivity index (χ3v) is 5.11. The molecule has 2 aromatic carbocycles. The normalized spacial score (nSPS) is 11.1. The lowest BCUT2D eigenvalue weighted by atomic mass is 10.2. The molecular weight excluding hydrogens is 458 g/mol. The predicted molar refractivity (Wildman–Crippen MR) is 119 cm³/mol. The lowest BCUT2D eigenvalue weighted by Gasteiger charge is -2.21. The molecule has 0 radical (unpaired) electrons. The van der Waals surface area contributed by atoms with Crippen LogP contribution in [0.2, 0.25) is 5.02 Å². The van der Waals surface area contributed by atoms with Gasteiger partial charge < -0.3 is 14.4 Å². The van der Waals surface area contributed by atoms with Gasteiger partial charge in [0.05, 0.1) is 17.3 Å². The van der Waals surface area contributed by atoms with Crippen LogP contribution >= 0.6 is 27.5 Å². The number of halogens is 2. The number of ether oxygens (including phenoxy) is 2. The van der Waals surface area contributed by atoms with Gasteiger partial charge in [-0.25, -0.2) is 0 Å². The number of hydrogen-bond acceptors (Lipinski definition) is 4. The van der Waals surface area contributed by atoms with E-state index in [4.69, 9.17) is 21.1 Å². The summed E-state index contributed by atoms with van der Waals surface area (Å²) in [5.74, 6) is 0.128. The second kappa shape index (κ2) is 10.1. The highest BCUT2D eigenvalue weighted by Gasteiger charge is 2.19. The summed E-state index contributed by atoms with van der Waals surface area (Å²) in [4.78, 5) is 26.2. The van der Waals surface area contributed by atoms with Crippen molar-refractivity contribution in [1.29, 1.82) is 0 Å². The Balaban J connectivity index is 2.01. The summed E-state index contributed by atoms with van der Waals surface area (Å²) in [5, 5.41) is 0.540. The Hall–Kier alpha value is -2.05. The van der Waals surface area contributed by atoms with E-state index in [0.717, 1.165) is 0 Å². The molecule has 0 aliphatic rings. The summed E-state index contributed by atoms with van der Waals surface area (Å²) >= 11 is 9.35. The quantitative estimate of drug-likeness (QED) is 0.365. The molecule has 0 saturated heterocycles. The Kier molecular flexibility index (Phi) is 8.11. The molecule has 0 heterocycles. The average Bonchev–Trinajstić information content (AvgIpc) is 2.65. The number of rotatable bonds is 7. The fourth-order valence-electron chi connectivity index (χ4n) is 2.58. The zero-order chi connectivity index (χ0) is 21.6. The van der Waals surface area contributed by atoms with Crippen molar-refractivity contribution in [1.82, 2.24) is 0 Å². The molecule has 1 amide bonds. The van der Waals surface area contributed by atoms with E-state index in [2.05, 4.69) is 15.9 Å². The van der Waals surface area contributed by atoms with Crippen LogP contribution in [0.4, 0.5) is 5.69 Å². The molecule has 0 aromatic heterocycles. The highest BCUT2D eigenvalue weighted by atomic mass is 79.9. The van der Waals surface area contributed by atoms with E-state index >= 15 is 0 Å². The lowest BCUT2D eigenvalue weighted by molar-refractivity contribution is -0.155. The lowest BCUT2D eigenvalue weighted by Crippen LogP contribution is -2.27. The van der Waals surface area contributed by atoms with Crippen molar-refractivity contribution in [3.63, 3.8) is 0 Å². The Morgan fingerprint density at radius 3 is 2.48 bits per heavy atom. The minimum atomic E-state index is -0.496. The van der Waals surface area contributed by atoms with Crippen molar-refractivity contribution in [2.75, 3.05) is 18.6 Å². The first-order valence-corrected chi connectivity index (χ1v) is 10.4. The monoisotopic (exact) mass is 481 g/mol. The molecule has 0 fully saturated rings. The van der Waals surface area contributed by atoms with Crippen molar-refractivity contribution in [3.05, 3.63) is 57.5 Å². The number of hydrogen-bond donors (Lipinski definition) is 0. The van der Waals surface area contributed by atoms with Gasteiger partial charge in [-0.1, -0.05) is 23.7 Å². The van der Waals surface area contributed by atoms with Crippen molar-refractivity contribution in [2.24, 2.45) is 0 Å². The Morgan fingerprint density at radius 1 is 1.14 bits per heavy atom. The van der Waals surface area contributed by atoms with Gasteiger partial charge in [0.15, 0.2) is 0 Å². The maximum absolute atomic E-state index is 12.9. The van der Waals surface area contributed by atoms with Crippen LogP contribution in [0.5, 0.6) is 5.75 Å². The van der Waals surface area contributed by atoms with Crippen molar-refractivity contribution >= 4 is 45.1 Å². The second-order valence-corrected chi connectivity index (χ2v) is 8.76. The second-order valence-electron chi connectivity index (χ2n) is 7.50. The summed E-state index contributed by atoms with van der Waals surface area (Å²) in [5.41, 5.74) is 0.647. The number of anilines is 1. The summed E-state index contributed by atoms with van der Waals surface area (Å²) in [6.07, 6.45) is 0.790. The van der Waals surface area contributed by atoms with E-state index < -0.39 is 5.60 Å². The number of carbonyl (C=O) groups is 2. The maximum atomic E-state index is 12.9. The first-order valence-electron chi connectivity index (χ1n) is 9.25. The fourth-order valence-corrected chi connectivity index (χ4v) is 3.08. The van der Waals surface area contributed by atoms with Crippen molar-refractivity contribution in [2.45, 2.75) is 39.2 Å². The van der Waals surface area contributed by atoms with Gasteiger partial charge >= 0.3 is 5.97 Å². The third kappa shape index (κ3) is 7.05. The molecule has 0 saturated carbocycles. The van der Waals surface area contributed by atoms with Crippen LogP contribution in [0, 0.1) is 0 Å². The first kappa shape index (κ1) is 23.2. The molecule has 5 nitrogen and oxygen atoms in total. The van der Waals surface area contributed by atoms with Crippen LogP contribution in [0.15, 0.2) is 46.9 Å². The van der Waals surface area contributed by atoms with Crippen LogP contribution in [-0.4, -0.2) is 31.1 Å². The topological polar surface area (TPSA) is 55.8 Å². The molecule has 0 unspecified atom stereocenters. The average molecular weight is 483 g/mol. The summed E-state index contributed by atoms with van der Waals surface area (Å²) < 4.78 is 11.8. The van der Waals surface area contributed by atoms with Crippen molar-refractivity contribution < 1.29 is 19.1 Å². The number of esters is 1. The van der Waals surface area contributed by atoms with Gasteiger partial charge in [0.2, 0.25) is 0 Å². The van der Waals surface area contributed by atoms with Gasteiger partial charge in [-0.3, -0.25) is 9.59 Å².